The van der Waals surface area contributed by atoms with E-state index in [4.69, 9.17) is 0 Å². The van der Waals surface area contributed by atoms with Gasteiger partial charge < -0.3 is 9.47 Å². The van der Waals surface area contributed by atoms with Gasteiger partial charge in [0.25, 0.3) is 10.0 Å². The first kappa shape index (κ1) is 23.0. The first-order chi connectivity index (χ1) is 15.1. The van der Waals surface area contributed by atoms with Gasteiger partial charge in [0.1, 0.15) is 11.6 Å². The van der Waals surface area contributed by atoms with Crippen molar-refractivity contribution in [2.24, 2.45) is 7.05 Å². The molecule has 0 aliphatic carbocycles. The van der Waals surface area contributed by atoms with E-state index in [1.807, 2.05) is 4.90 Å². The molecule has 0 spiro atoms. The summed E-state index contributed by atoms with van der Waals surface area (Å²) in [6.45, 7) is 5.53. The van der Waals surface area contributed by atoms with Crippen LogP contribution in [0, 0.1) is 6.92 Å². The molecule has 4 rings (SSSR count). The SMILES string of the molecule is Cc1nc(S(=O)(=O)N2CCC(N3CCN(c4ccc(C(F)(F)F)cn4)CC3)CC2)cn1C. The van der Waals surface area contributed by atoms with Crippen molar-refractivity contribution in [3.63, 3.8) is 0 Å². The average molecular weight is 473 g/mol. The van der Waals surface area contributed by atoms with Crippen LogP contribution in [0.1, 0.15) is 24.2 Å². The summed E-state index contributed by atoms with van der Waals surface area (Å²) in [5.41, 5.74) is -0.748. The van der Waals surface area contributed by atoms with Crippen LogP contribution in [0.5, 0.6) is 0 Å². The molecule has 0 bridgehead atoms. The minimum Gasteiger partial charge on any atom is -0.354 e. The third-order valence-corrected chi connectivity index (χ3v) is 8.11. The number of rotatable bonds is 4. The number of hydrogen-bond donors (Lipinski definition) is 0. The number of alkyl halides is 3. The molecule has 0 atom stereocenters. The van der Waals surface area contributed by atoms with E-state index in [9.17, 15) is 21.6 Å². The van der Waals surface area contributed by atoms with Crippen molar-refractivity contribution in [2.45, 2.75) is 37.0 Å². The molecular weight excluding hydrogens is 445 g/mol. The van der Waals surface area contributed by atoms with Crippen molar-refractivity contribution in [1.29, 1.82) is 0 Å². The number of aryl methyl sites for hydroxylation is 2. The fourth-order valence-electron chi connectivity index (χ4n) is 4.29. The highest BCUT2D eigenvalue weighted by Crippen LogP contribution is 2.30. The summed E-state index contributed by atoms with van der Waals surface area (Å²) < 4.78 is 67.1. The minimum absolute atomic E-state index is 0.0913. The fourth-order valence-corrected chi connectivity index (χ4v) is 5.78. The predicted molar refractivity (Wildman–Crippen MR) is 113 cm³/mol. The van der Waals surface area contributed by atoms with Gasteiger partial charge in [-0.3, -0.25) is 4.90 Å². The van der Waals surface area contributed by atoms with Crippen LogP contribution in [0.4, 0.5) is 19.0 Å². The Morgan fingerprint density at radius 3 is 2.19 bits per heavy atom. The van der Waals surface area contributed by atoms with Crippen LogP contribution in [-0.2, 0) is 23.2 Å². The summed E-state index contributed by atoms with van der Waals surface area (Å²) in [4.78, 5) is 12.5. The van der Waals surface area contributed by atoms with Crippen LogP contribution in [-0.4, -0.2) is 77.5 Å². The molecule has 176 valence electrons. The summed E-state index contributed by atoms with van der Waals surface area (Å²) in [6.07, 6.45) is -0.485. The lowest BCUT2D eigenvalue weighted by atomic mass is 10.0. The first-order valence-corrected chi connectivity index (χ1v) is 12.0. The maximum absolute atomic E-state index is 12.9. The number of aromatic nitrogens is 3. The lowest BCUT2D eigenvalue weighted by Gasteiger charge is -2.42. The fraction of sp³-hybridized carbons (Fsp3) is 0.600. The second-order valence-electron chi connectivity index (χ2n) is 8.30. The second-order valence-corrected chi connectivity index (χ2v) is 10.2. The van der Waals surface area contributed by atoms with Gasteiger partial charge in [0.2, 0.25) is 0 Å². The highest BCUT2D eigenvalue weighted by atomic mass is 32.2. The molecule has 2 fully saturated rings. The van der Waals surface area contributed by atoms with E-state index in [-0.39, 0.29) is 11.1 Å². The molecule has 2 aliphatic heterocycles. The lowest BCUT2D eigenvalue weighted by Crippen LogP contribution is -2.54. The standard InChI is InChI=1S/C20H27F3N6O2S/c1-15-25-19(14-26(15)2)32(30,31)29-7-5-17(6-8-29)27-9-11-28(12-10-27)18-4-3-16(13-24-18)20(21,22)23/h3-4,13-14,17H,5-12H2,1-2H3. The smallest absolute Gasteiger partial charge is 0.354 e. The summed E-state index contributed by atoms with van der Waals surface area (Å²) >= 11 is 0. The Labute approximate surface area is 185 Å². The van der Waals surface area contributed by atoms with E-state index in [0.717, 1.165) is 38.2 Å². The van der Waals surface area contributed by atoms with Crippen molar-refractivity contribution in [2.75, 3.05) is 44.2 Å². The molecule has 2 aromatic heterocycles. The molecule has 0 aromatic carbocycles. The van der Waals surface area contributed by atoms with Gasteiger partial charge in [-0.15, -0.1) is 0 Å². The Morgan fingerprint density at radius 1 is 1.03 bits per heavy atom. The van der Waals surface area contributed by atoms with E-state index in [1.165, 1.54) is 10.4 Å². The number of piperidine rings is 1. The molecule has 12 heteroatoms. The molecule has 0 amide bonds. The van der Waals surface area contributed by atoms with Crippen molar-refractivity contribution < 1.29 is 21.6 Å². The largest absolute Gasteiger partial charge is 0.417 e. The molecule has 2 aliphatic rings. The molecular formula is C20H27F3N6O2S. The quantitative estimate of drug-likeness (QED) is 0.679. The Morgan fingerprint density at radius 2 is 1.69 bits per heavy atom. The summed E-state index contributed by atoms with van der Waals surface area (Å²) in [7, 11) is -1.82. The summed E-state index contributed by atoms with van der Waals surface area (Å²) in [5, 5.41) is 0.0913. The van der Waals surface area contributed by atoms with Crippen molar-refractivity contribution in [3.05, 3.63) is 35.9 Å². The monoisotopic (exact) mass is 472 g/mol. The number of imidazole rings is 1. The third kappa shape index (κ3) is 4.62. The highest BCUT2D eigenvalue weighted by molar-refractivity contribution is 7.89. The molecule has 0 N–H and O–H groups in total. The summed E-state index contributed by atoms with van der Waals surface area (Å²) in [6, 6.07) is 2.77. The zero-order valence-corrected chi connectivity index (χ0v) is 18.9. The number of halogens is 3. The van der Waals surface area contributed by atoms with Crippen LogP contribution in [0.3, 0.4) is 0 Å². The predicted octanol–water partition coefficient (Wildman–Crippen LogP) is 2.12. The Bertz CT molecular complexity index is 1020. The van der Waals surface area contributed by atoms with Gasteiger partial charge in [0.15, 0.2) is 5.03 Å². The Balaban J connectivity index is 1.30. The third-order valence-electron chi connectivity index (χ3n) is 6.34. The van der Waals surface area contributed by atoms with E-state index in [1.54, 1.807) is 24.7 Å². The number of nitrogens with zero attached hydrogens (tertiary/aromatic N) is 6. The molecule has 4 heterocycles. The number of hydrogen-bond acceptors (Lipinski definition) is 6. The first-order valence-electron chi connectivity index (χ1n) is 10.6. The number of sulfonamides is 1. The van der Waals surface area contributed by atoms with E-state index < -0.39 is 21.8 Å². The number of pyridine rings is 1. The molecule has 32 heavy (non-hydrogen) atoms. The molecule has 0 radical (unpaired) electrons. The van der Waals surface area contributed by atoms with Gasteiger partial charge in [0, 0.05) is 64.8 Å². The molecule has 0 unspecified atom stereocenters. The average Bonchev–Trinajstić information content (AvgIpc) is 3.13. The second kappa shape index (κ2) is 8.64. The van der Waals surface area contributed by atoms with E-state index in [0.29, 0.717) is 37.8 Å². The van der Waals surface area contributed by atoms with E-state index in [2.05, 4.69) is 14.9 Å². The van der Waals surface area contributed by atoms with Gasteiger partial charge >= 0.3 is 6.18 Å². The highest BCUT2D eigenvalue weighted by Gasteiger charge is 2.34. The van der Waals surface area contributed by atoms with Gasteiger partial charge in [0.05, 0.1) is 5.56 Å². The zero-order valence-electron chi connectivity index (χ0n) is 18.1. The van der Waals surface area contributed by atoms with Crippen LogP contribution in [0.25, 0.3) is 0 Å². The van der Waals surface area contributed by atoms with Gasteiger partial charge in [-0.1, -0.05) is 0 Å². The van der Waals surface area contributed by atoms with Gasteiger partial charge in [-0.25, -0.2) is 18.4 Å². The van der Waals surface area contributed by atoms with E-state index >= 15 is 0 Å². The maximum Gasteiger partial charge on any atom is 0.417 e. The van der Waals surface area contributed by atoms with Crippen LogP contribution in [0.15, 0.2) is 29.6 Å². The van der Waals surface area contributed by atoms with Gasteiger partial charge in [-0.2, -0.15) is 17.5 Å². The lowest BCUT2D eigenvalue weighted by molar-refractivity contribution is -0.137. The van der Waals surface area contributed by atoms with Crippen LogP contribution >= 0.6 is 0 Å². The van der Waals surface area contributed by atoms with Crippen molar-refractivity contribution in [1.82, 2.24) is 23.7 Å². The Hall–Kier alpha value is -2.18. The minimum atomic E-state index is -4.39. The topological polar surface area (TPSA) is 74.6 Å². The van der Waals surface area contributed by atoms with Crippen molar-refractivity contribution in [3.8, 4) is 0 Å². The van der Waals surface area contributed by atoms with Crippen LogP contribution < -0.4 is 4.90 Å². The Kier molecular flexibility index (Phi) is 6.21. The molecule has 2 aromatic rings. The molecule has 8 nitrogen and oxygen atoms in total. The normalized spacial score (nSPS) is 20.1. The summed E-state index contributed by atoms with van der Waals surface area (Å²) in [5.74, 6) is 1.20. The van der Waals surface area contributed by atoms with Crippen molar-refractivity contribution >= 4 is 15.8 Å². The molecule has 0 saturated carbocycles. The van der Waals surface area contributed by atoms with Crippen LogP contribution in [0.2, 0.25) is 0 Å². The maximum atomic E-state index is 12.9. The number of piperazine rings is 1. The number of anilines is 1. The zero-order chi connectivity index (χ0) is 23.1. The van der Waals surface area contributed by atoms with Gasteiger partial charge in [-0.05, 0) is 31.9 Å². The molecule has 2 saturated heterocycles.